The van der Waals surface area contributed by atoms with Gasteiger partial charge in [0.05, 0.1) is 0 Å². The number of nitrogens with zero attached hydrogens (tertiary/aromatic N) is 2. The average Bonchev–Trinajstić information content (AvgIpc) is 2.53. The molecule has 2 nitrogen and oxygen atoms in total. The first kappa shape index (κ1) is 10.9. The average molecular weight is 258 g/mol. The van der Waals surface area contributed by atoms with E-state index in [1.165, 1.54) is 24.9 Å². The van der Waals surface area contributed by atoms with Crippen molar-refractivity contribution in [3.63, 3.8) is 0 Å². The molecule has 0 radical (unpaired) electrons. The van der Waals surface area contributed by atoms with E-state index in [4.69, 9.17) is 0 Å². The molecule has 1 saturated heterocycles. The van der Waals surface area contributed by atoms with Crippen LogP contribution in [-0.4, -0.2) is 23.5 Å². The standard InChI is InChI=1S/C10H14N2.Mo/c1-12-7-3-5-10(12)9-4-2-6-11-8-9;/h2,4,6,8,10H,3,5,7H2,1H3;. The molecule has 3 heteroatoms. The number of hydrogen-bond acceptors (Lipinski definition) is 2. The summed E-state index contributed by atoms with van der Waals surface area (Å²) in [6.07, 6.45) is 6.41. The fourth-order valence-electron chi connectivity index (χ4n) is 1.90. The summed E-state index contributed by atoms with van der Waals surface area (Å²) in [7, 11) is 2.19. The molecule has 0 bridgehead atoms. The number of hydrogen-bond donors (Lipinski definition) is 0. The molecule has 1 aromatic heterocycles. The van der Waals surface area contributed by atoms with Crippen LogP contribution in [0, 0.1) is 0 Å². The van der Waals surface area contributed by atoms with Crippen LogP contribution in [0.5, 0.6) is 0 Å². The Kier molecular flexibility index (Phi) is 4.08. The van der Waals surface area contributed by atoms with Crippen molar-refractivity contribution in [2.75, 3.05) is 13.6 Å². The number of likely N-dealkylation sites (tertiary alicyclic amines) is 1. The molecular weight excluding hydrogens is 244 g/mol. The van der Waals surface area contributed by atoms with Crippen LogP contribution in [0.4, 0.5) is 0 Å². The van der Waals surface area contributed by atoms with Crippen LogP contribution in [0.25, 0.3) is 0 Å². The molecule has 0 saturated carbocycles. The largest absolute Gasteiger partial charge is 0.299 e. The molecule has 2 heterocycles. The van der Waals surface area contributed by atoms with Crippen molar-refractivity contribution in [2.45, 2.75) is 18.9 Å². The summed E-state index contributed by atoms with van der Waals surface area (Å²) in [5.74, 6) is 0. The van der Waals surface area contributed by atoms with Gasteiger partial charge in [0.2, 0.25) is 0 Å². The molecule has 0 spiro atoms. The molecule has 70 valence electrons. The summed E-state index contributed by atoms with van der Waals surface area (Å²) >= 11 is 0. The third-order valence-corrected chi connectivity index (χ3v) is 2.59. The zero-order chi connectivity index (χ0) is 8.39. The van der Waals surface area contributed by atoms with Crippen LogP contribution in [0.2, 0.25) is 0 Å². The third-order valence-electron chi connectivity index (χ3n) is 2.59. The Morgan fingerprint density at radius 3 is 2.92 bits per heavy atom. The summed E-state index contributed by atoms with van der Waals surface area (Å²) in [5, 5.41) is 0. The van der Waals surface area contributed by atoms with Gasteiger partial charge < -0.3 is 0 Å². The van der Waals surface area contributed by atoms with Crippen molar-refractivity contribution in [3.05, 3.63) is 30.1 Å². The van der Waals surface area contributed by atoms with Gasteiger partial charge in [0.1, 0.15) is 0 Å². The van der Waals surface area contributed by atoms with E-state index in [0.29, 0.717) is 6.04 Å². The Morgan fingerprint density at radius 1 is 1.54 bits per heavy atom. The molecule has 1 aliphatic heterocycles. The van der Waals surface area contributed by atoms with Gasteiger partial charge in [-0.15, -0.1) is 0 Å². The molecule has 1 atom stereocenters. The molecule has 2 rings (SSSR count). The fourth-order valence-corrected chi connectivity index (χ4v) is 1.90. The van der Waals surface area contributed by atoms with Gasteiger partial charge in [-0.05, 0) is 38.1 Å². The fraction of sp³-hybridized carbons (Fsp3) is 0.500. The maximum atomic E-state index is 4.14. The molecule has 0 aliphatic carbocycles. The monoisotopic (exact) mass is 260 g/mol. The zero-order valence-corrected chi connectivity index (χ0v) is 9.82. The zero-order valence-electron chi connectivity index (χ0n) is 7.81. The topological polar surface area (TPSA) is 16.1 Å². The molecule has 0 amide bonds. The normalized spacial score (nSPS) is 22.7. The van der Waals surface area contributed by atoms with Crippen LogP contribution in [0.1, 0.15) is 24.4 Å². The van der Waals surface area contributed by atoms with E-state index in [1.54, 1.807) is 0 Å². The van der Waals surface area contributed by atoms with Crippen LogP contribution >= 0.6 is 0 Å². The minimum atomic E-state index is 0. The summed E-state index contributed by atoms with van der Waals surface area (Å²) < 4.78 is 0. The van der Waals surface area contributed by atoms with Gasteiger partial charge in [0.15, 0.2) is 0 Å². The van der Waals surface area contributed by atoms with Crippen LogP contribution < -0.4 is 0 Å². The van der Waals surface area contributed by atoms with Gasteiger partial charge in [0, 0.05) is 39.5 Å². The molecule has 13 heavy (non-hydrogen) atoms. The quantitative estimate of drug-likeness (QED) is 0.715. The summed E-state index contributed by atoms with van der Waals surface area (Å²) in [6, 6.07) is 4.79. The maximum Gasteiger partial charge on any atom is 0.0360 e. The number of rotatable bonds is 1. The third kappa shape index (κ3) is 2.38. The summed E-state index contributed by atoms with van der Waals surface area (Å²) in [6.45, 7) is 1.22. The summed E-state index contributed by atoms with van der Waals surface area (Å²) in [4.78, 5) is 6.54. The van der Waals surface area contributed by atoms with Gasteiger partial charge in [-0.25, -0.2) is 0 Å². The van der Waals surface area contributed by atoms with Crippen LogP contribution in [0.15, 0.2) is 24.5 Å². The smallest absolute Gasteiger partial charge is 0.0360 e. The molecule has 1 aromatic rings. The Labute approximate surface area is 93.6 Å². The summed E-state index contributed by atoms with van der Waals surface area (Å²) in [5.41, 5.74) is 1.36. The van der Waals surface area contributed by atoms with E-state index in [0.717, 1.165) is 0 Å². The van der Waals surface area contributed by atoms with Gasteiger partial charge in [0.25, 0.3) is 0 Å². The van der Waals surface area contributed by atoms with Crippen molar-refractivity contribution < 1.29 is 21.1 Å². The van der Waals surface area contributed by atoms with Crippen LogP contribution in [-0.2, 0) is 21.1 Å². The number of aromatic nitrogens is 1. The Balaban J connectivity index is 0.000000845. The van der Waals surface area contributed by atoms with E-state index in [9.17, 15) is 0 Å². The van der Waals surface area contributed by atoms with Gasteiger partial charge in [-0.2, -0.15) is 0 Å². The van der Waals surface area contributed by atoms with Crippen molar-refractivity contribution in [3.8, 4) is 0 Å². The molecule has 0 N–H and O–H groups in total. The van der Waals surface area contributed by atoms with Crippen molar-refractivity contribution in [1.82, 2.24) is 9.88 Å². The van der Waals surface area contributed by atoms with Crippen molar-refractivity contribution in [2.24, 2.45) is 0 Å². The Hall–Kier alpha value is -0.202. The minimum Gasteiger partial charge on any atom is -0.299 e. The van der Waals surface area contributed by atoms with E-state index in [-0.39, 0.29) is 21.1 Å². The minimum absolute atomic E-state index is 0. The second-order valence-corrected chi connectivity index (χ2v) is 3.42. The predicted molar refractivity (Wildman–Crippen MR) is 48.8 cm³/mol. The molecule has 1 unspecified atom stereocenters. The van der Waals surface area contributed by atoms with Crippen molar-refractivity contribution in [1.29, 1.82) is 0 Å². The molecule has 1 aliphatic rings. The molecule has 1 fully saturated rings. The first-order valence-electron chi connectivity index (χ1n) is 4.48. The van der Waals surface area contributed by atoms with Crippen molar-refractivity contribution >= 4 is 0 Å². The first-order valence-corrected chi connectivity index (χ1v) is 4.48. The first-order chi connectivity index (χ1) is 5.88. The second-order valence-electron chi connectivity index (χ2n) is 3.42. The van der Waals surface area contributed by atoms with E-state index in [2.05, 4.69) is 23.0 Å². The van der Waals surface area contributed by atoms with E-state index in [1.807, 2.05) is 18.5 Å². The Morgan fingerprint density at radius 2 is 2.38 bits per heavy atom. The van der Waals surface area contributed by atoms with Gasteiger partial charge >= 0.3 is 0 Å². The predicted octanol–water partition coefficient (Wildman–Crippen LogP) is 1.85. The maximum absolute atomic E-state index is 4.14. The molecule has 0 aromatic carbocycles. The SMILES string of the molecule is CN1CCCC1c1cccnc1.[Mo]. The van der Waals surface area contributed by atoms with E-state index < -0.39 is 0 Å². The number of pyridine rings is 1. The van der Waals surface area contributed by atoms with Gasteiger partial charge in [-0.3, -0.25) is 9.88 Å². The molecular formula is C10H14MoN2. The van der Waals surface area contributed by atoms with Crippen LogP contribution in [0.3, 0.4) is 0 Å². The van der Waals surface area contributed by atoms with E-state index >= 15 is 0 Å². The second kappa shape index (κ2) is 4.88. The van der Waals surface area contributed by atoms with Gasteiger partial charge in [-0.1, -0.05) is 6.07 Å². The Bertz CT molecular complexity index is 250.